The third-order valence-electron chi connectivity index (χ3n) is 5.36. The normalized spacial score (nSPS) is 26.1. The molecule has 25 heavy (non-hydrogen) atoms. The lowest BCUT2D eigenvalue weighted by molar-refractivity contribution is 0.195. The summed E-state index contributed by atoms with van der Waals surface area (Å²) in [6, 6.07) is 2.15. The van der Waals surface area contributed by atoms with E-state index in [1.807, 2.05) is 18.0 Å². The topological polar surface area (TPSA) is 93.6 Å². The number of aliphatic hydroxyl groups excluding tert-OH is 1. The van der Waals surface area contributed by atoms with Gasteiger partial charge in [-0.2, -0.15) is 0 Å². The molecule has 8 nitrogen and oxygen atoms in total. The zero-order valence-corrected chi connectivity index (χ0v) is 15.0. The molecule has 0 aliphatic carbocycles. The Morgan fingerprint density at radius 1 is 1.40 bits per heavy atom. The number of aromatic nitrogens is 2. The van der Waals surface area contributed by atoms with Crippen molar-refractivity contribution >= 4 is 17.7 Å². The smallest absolute Gasteiger partial charge is 0.317 e. The molecule has 0 bridgehead atoms. The molecule has 0 aromatic carbocycles. The lowest BCUT2D eigenvalue weighted by Crippen LogP contribution is -2.45. The van der Waals surface area contributed by atoms with Gasteiger partial charge in [0.1, 0.15) is 18.0 Å². The fourth-order valence-corrected chi connectivity index (χ4v) is 3.75. The lowest BCUT2D eigenvalue weighted by atomic mass is 10.00. The zero-order chi connectivity index (χ0) is 17.8. The molecule has 3 heterocycles. The van der Waals surface area contributed by atoms with E-state index in [0.717, 1.165) is 31.0 Å². The largest absolute Gasteiger partial charge is 0.396 e. The molecular weight excluding hydrogens is 320 g/mol. The predicted octanol–water partition coefficient (Wildman–Crippen LogP) is 0.757. The summed E-state index contributed by atoms with van der Waals surface area (Å²) in [7, 11) is 1.84. The van der Waals surface area contributed by atoms with E-state index in [2.05, 4.69) is 32.4 Å². The van der Waals surface area contributed by atoms with E-state index in [4.69, 9.17) is 0 Å². The van der Waals surface area contributed by atoms with E-state index in [1.54, 1.807) is 6.33 Å². The highest BCUT2D eigenvalue weighted by Gasteiger charge is 2.33. The van der Waals surface area contributed by atoms with Crippen molar-refractivity contribution in [2.45, 2.75) is 25.8 Å². The molecule has 0 unspecified atom stereocenters. The highest BCUT2D eigenvalue weighted by Crippen LogP contribution is 2.25. The number of likely N-dealkylation sites (tertiary alicyclic amines) is 1. The molecule has 2 saturated heterocycles. The Balaban J connectivity index is 1.56. The molecule has 0 spiro atoms. The van der Waals surface area contributed by atoms with Gasteiger partial charge in [0, 0.05) is 57.9 Å². The Morgan fingerprint density at radius 2 is 2.24 bits per heavy atom. The van der Waals surface area contributed by atoms with Crippen LogP contribution in [0.4, 0.5) is 16.4 Å². The molecule has 3 rings (SSSR count). The molecule has 2 amide bonds. The van der Waals surface area contributed by atoms with Gasteiger partial charge in [-0.15, -0.1) is 0 Å². The molecule has 0 radical (unpaired) electrons. The summed E-state index contributed by atoms with van der Waals surface area (Å²) in [4.78, 5) is 25.0. The fourth-order valence-electron chi connectivity index (χ4n) is 3.75. The van der Waals surface area contributed by atoms with Crippen LogP contribution in [-0.2, 0) is 0 Å². The minimum absolute atomic E-state index is 0.0340. The maximum atomic E-state index is 12.4. The summed E-state index contributed by atoms with van der Waals surface area (Å²) in [6.45, 7) is 5.11. The first-order valence-electron chi connectivity index (χ1n) is 9.02. The maximum Gasteiger partial charge on any atom is 0.317 e. The van der Waals surface area contributed by atoms with Crippen molar-refractivity contribution in [2.24, 2.45) is 11.8 Å². The number of nitrogens with one attached hydrogen (secondary N) is 2. The highest BCUT2D eigenvalue weighted by molar-refractivity contribution is 5.74. The van der Waals surface area contributed by atoms with E-state index < -0.39 is 0 Å². The van der Waals surface area contributed by atoms with Gasteiger partial charge in [-0.1, -0.05) is 6.92 Å². The first-order valence-corrected chi connectivity index (χ1v) is 9.02. The number of nitrogens with zero attached hydrogens (tertiary/aromatic N) is 4. The first kappa shape index (κ1) is 17.7. The number of carbonyl (C=O) groups excluding carboxylic acids is 1. The Kier molecular flexibility index (Phi) is 5.57. The Hall–Kier alpha value is -2.09. The van der Waals surface area contributed by atoms with E-state index >= 15 is 0 Å². The average molecular weight is 348 g/mol. The molecule has 2 aliphatic heterocycles. The van der Waals surface area contributed by atoms with E-state index in [1.165, 1.54) is 0 Å². The zero-order valence-electron chi connectivity index (χ0n) is 15.0. The second kappa shape index (κ2) is 7.86. The Bertz CT molecular complexity index is 598. The molecule has 1 aromatic rings. The molecule has 0 saturated carbocycles. The average Bonchev–Trinajstić information content (AvgIpc) is 3.26. The number of hydrogen-bond acceptors (Lipinski definition) is 6. The number of amides is 2. The van der Waals surface area contributed by atoms with Gasteiger partial charge in [0.25, 0.3) is 0 Å². The van der Waals surface area contributed by atoms with E-state index in [0.29, 0.717) is 25.6 Å². The number of carbonyl (C=O) groups is 1. The van der Waals surface area contributed by atoms with Crippen LogP contribution in [0.2, 0.25) is 0 Å². The van der Waals surface area contributed by atoms with Crippen molar-refractivity contribution in [1.82, 2.24) is 20.2 Å². The highest BCUT2D eigenvalue weighted by atomic mass is 16.3. The van der Waals surface area contributed by atoms with Gasteiger partial charge >= 0.3 is 6.03 Å². The standard InChI is InChI=1S/C17H28N6O2/c1-12-8-22(9-13(12)10-24)17(25)19-7-14-4-3-5-23(14)16-6-15(18-2)20-11-21-16/h6,11-14,24H,3-5,7-10H2,1-2H3,(H,19,25)(H,18,20,21)/t12-,13+,14-/m1/s1. The second-order valence-corrected chi connectivity index (χ2v) is 7.01. The summed E-state index contributed by atoms with van der Waals surface area (Å²) in [5, 5.41) is 15.5. The molecule has 8 heteroatoms. The van der Waals surface area contributed by atoms with Gasteiger partial charge in [-0.25, -0.2) is 14.8 Å². The first-order chi connectivity index (χ1) is 12.1. The number of aliphatic hydroxyl groups is 1. The Morgan fingerprint density at radius 3 is 2.96 bits per heavy atom. The Labute approximate surface area is 148 Å². The molecular formula is C17H28N6O2. The van der Waals surface area contributed by atoms with Crippen LogP contribution in [0.5, 0.6) is 0 Å². The van der Waals surface area contributed by atoms with Crippen LogP contribution in [0.15, 0.2) is 12.4 Å². The minimum Gasteiger partial charge on any atom is -0.396 e. The van der Waals surface area contributed by atoms with Crippen molar-refractivity contribution in [2.75, 3.05) is 50.1 Å². The van der Waals surface area contributed by atoms with Crippen molar-refractivity contribution in [3.8, 4) is 0 Å². The SMILES string of the molecule is CNc1cc(N2CCC[C@@H]2CNC(=O)N2C[C@@H](CO)[C@H](C)C2)ncn1. The second-order valence-electron chi connectivity index (χ2n) is 7.01. The molecule has 3 N–H and O–H groups in total. The van der Waals surface area contributed by atoms with Gasteiger partial charge in [0.05, 0.1) is 0 Å². The van der Waals surface area contributed by atoms with Gasteiger partial charge in [0.15, 0.2) is 0 Å². The molecule has 2 aliphatic rings. The predicted molar refractivity (Wildman–Crippen MR) is 96.7 cm³/mol. The van der Waals surface area contributed by atoms with Crippen LogP contribution >= 0.6 is 0 Å². The summed E-state index contributed by atoms with van der Waals surface area (Å²) < 4.78 is 0. The van der Waals surface area contributed by atoms with E-state index in [9.17, 15) is 9.90 Å². The maximum absolute atomic E-state index is 12.4. The molecule has 2 fully saturated rings. The van der Waals surface area contributed by atoms with Crippen molar-refractivity contribution in [1.29, 1.82) is 0 Å². The molecule has 1 aromatic heterocycles. The number of hydrogen-bond donors (Lipinski definition) is 3. The van der Waals surface area contributed by atoms with Crippen LogP contribution in [0.3, 0.4) is 0 Å². The van der Waals surface area contributed by atoms with Gasteiger partial charge in [0.2, 0.25) is 0 Å². The van der Waals surface area contributed by atoms with Crippen LogP contribution < -0.4 is 15.5 Å². The van der Waals surface area contributed by atoms with Gasteiger partial charge < -0.3 is 25.5 Å². The van der Waals surface area contributed by atoms with Gasteiger partial charge in [-0.3, -0.25) is 0 Å². The van der Waals surface area contributed by atoms with Crippen molar-refractivity contribution < 1.29 is 9.90 Å². The summed E-state index contributed by atoms with van der Waals surface area (Å²) in [5.74, 6) is 2.22. The quantitative estimate of drug-likeness (QED) is 0.727. The van der Waals surface area contributed by atoms with Crippen LogP contribution in [0.25, 0.3) is 0 Å². The van der Waals surface area contributed by atoms with Crippen molar-refractivity contribution in [3.63, 3.8) is 0 Å². The lowest BCUT2D eigenvalue weighted by Gasteiger charge is -2.27. The number of urea groups is 1. The molecule has 3 atom stereocenters. The third kappa shape index (κ3) is 3.95. The third-order valence-corrected chi connectivity index (χ3v) is 5.36. The summed E-state index contributed by atoms with van der Waals surface area (Å²) in [5.41, 5.74) is 0. The van der Waals surface area contributed by atoms with Gasteiger partial charge in [-0.05, 0) is 18.8 Å². The fraction of sp³-hybridized carbons (Fsp3) is 0.706. The van der Waals surface area contributed by atoms with Crippen LogP contribution in [0.1, 0.15) is 19.8 Å². The van der Waals surface area contributed by atoms with E-state index in [-0.39, 0.29) is 24.6 Å². The van der Waals surface area contributed by atoms with Crippen LogP contribution in [-0.4, -0.2) is 71.9 Å². The number of rotatable bonds is 5. The van der Waals surface area contributed by atoms with Crippen molar-refractivity contribution in [3.05, 3.63) is 12.4 Å². The monoisotopic (exact) mass is 348 g/mol. The molecule has 138 valence electrons. The number of anilines is 2. The summed E-state index contributed by atoms with van der Waals surface area (Å²) >= 11 is 0. The summed E-state index contributed by atoms with van der Waals surface area (Å²) in [6.07, 6.45) is 3.69. The minimum atomic E-state index is -0.0340. The van der Waals surface area contributed by atoms with Crippen LogP contribution in [0, 0.1) is 11.8 Å².